The molecular formula is C25H25Cl3N4O2. The molecule has 9 heteroatoms. The van der Waals surface area contributed by atoms with Crippen molar-refractivity contribution in [1.29, 1.82) is 0 Å². The van der Waals surface area contributed by atoms with E-state index in [0.717, 1.165) is 11.1 Å². The Bertz CT molecular complexity index is 1130. The second-order valence-corrected chi connectivity index (χ2v) is 9.38. The Morgan fingerprint density at radius 1 is 1.03 bits per heavy atom. The molecule has 1 aliphatic heterocycles. The summed E-state index contributed by atoms with van der Waals surface area (Å²) in [6, 6.07) is 15.2. The molecule has 6 nitrogen and oxygen atoms in total. The second-order valence-electron chi connectivity index (χ2n) is 8.16. The third kappa shape index (κ3) is 6.13. The van der Waals surface area contributed by atoms with E-state index in [1.807, 2.05) is 49.4 Å². The number of ether oxygens (including phenoxy) is 1. The van der Waals surface area contributed by atoms with Crippen molar-refractivity contribution in [3.63, 3.8) is 0 Å². The first-order valence-corrected chi connectivity index (χ1v) is 12.1. The summed E-state index contributed by atoms with van der Waals surface area (Å²) in [7, 11) is 0. The van der Waals surface area contributed by atoms with Crippen LogP contribution in [0.2, 0.25) is 15.1 Å². The second kappa shape index (κ2) is 11.3. The van der Waals surface area contributed by atoms with Gasteiger partial charge >= 0.3 is 6.03 Å². The molecule has 2 aromatic carbocycles. The van der Waals surface area contributed by atoms with Gasteiger partial charge in [-0.1, -0.05) is 71.2 Å². The zero-order valence-corrected chi connectivity index (χ0v) is 20.9. The van der Waals surface area contributed by atoms with Crippen LogP contribution in [0, 0.1) is 6.92 Å². The van der Waals surface area contributed by atoms with Crippen LogP contribution < -0.4 is 10.2 Å². The third-order valence-electron chi connectivity index (χ3n) is 5.67. The number of aromatic nitrogens is 1. The first-order valence-electron chi connectivity index (χ1n) is 10.9. The topological polar surface area (TPSA) is 57.7 Å². The van der Waals surface area contributed by atoms with E-state index in [1.165, 1.54) is 0 Å². The van der Waals surface area contributed by atoms with Crippen molar-refractivity contribution in [3.8, 4) is 0 Å². The summed E-state index contributed by atoms with van der Waals surface area (Å²) in [5.74, 6) is 0. The molecule has 2 heterocycles. The quantitative estimate of drug-likeness (QED) is 0.430. The number of amides is 2. The molecule has 1 saturated heterocycles. The van der Waals surface area contributed by atoms with Crippen molar-refractivity contribution in [2.45, 2.75) is 19.6 Å². The summed E-state index contributed by atoms with van der Waals surface area (Å²) >= 11 is 19.1. The molecular weight excluding hydrogens is 495 g/mol. The fourth-order valence-corrected chi connectivity index (χ4v) is 4.62. The lowest BCUT2D eigenvalue weighted by Gasteiger charge is -2.27. The van der Waals surface area contributed by atoms with Gasteiger partial charge in [0.25, 0.3) is 0 Å². The average molecular weight is 520 g/mol. The lowest BCUT2D eigenvalue weighted by molar-refractivity contribution is 0.0342. The molecule has 34 heavy (non-hydrogen) atoms. The first-order chi connectivity index (χ1) is 16.4. The number of anilines is 2. The summed E-state index contributed by atoms with van der Waals surface area (Å²) in [5.41, 5.74) is 3.34. The maximum Gasteiger partial charge on any atom is 0.321 e. The minimum atomic E-state index is -0.268. The maximum absolute atomic E-state index is 13.1. The number of pyridine rings is 1. The number of rotatable bonds is 5. The molecule has 1 aliphatic rings. The summed E-state index contributed by atoms with van der Waals surface area (Å²) in [6.45, 7) is 4.29. The highest BCUT2D eigenvalue weighted by Gasteiger charge is 2.28. The van der Waals surface area contributed by atoms with E-state index in [4.69, 9.17) is 39.5 Å². The number of hydrogen-bond acceptors (Lipinski definition) is 4. The zero-order valence-electron chi connectivity index (χ0n) is 18.7. The van der Waals surface area contributed by atoms with E-state index in [9.17, 15) is 4.79 Å². The van der Waals surface area contributed by atoms with Crippen molar-refractivity contribution < 1.29 is 9.53 Å². The number of carbonyl (C=O) groups is 1. The molecule has 0 bridgehead atoms. The Labute approximate surface area is 214 Å². The fourth-order valence-electron chi connectivity index (χ4n) is 3.83. The van der Waals surface area contributed by atoms with Crippen LogP contribution in [0.5, 0.6) is 0 Å². The number of nitrogens with one attached hydrogen (secondary N) is 1. The number of nitrogens with zero attached hydrogens (tertiary/aromatic N) is 3. The number of carbonyl (C=O) groups excluding carboxylic acids is 1. The van der Waals surface area contributed by atoms with E-state index in [0.29, 0.717) is 59.2 Å². The van der Waals surface area contributed by atoms with Crippen LogP contribution >= 0.6 is 34.8 Å². The minimum Gasteiger partial charge on any atom is -0.370 e. The largest absolute Gasteiger partial charge is 0.370 e. The minimum absolute atomic E-state index is 0.220. The molecule has 2 amide bonds. The van der Waals surface area contributed by atoms with Crippen LogP contribution in [0.3, 0.4) is 0 Å². The Morgan fingerprint density at radius 2 is 1.76 bits per heavy atom. The maximum atomic E-state index is 13.1. The van der Waals surface area contributed by atoms with Gasteiger partial charge in [-0.05, 0) is 30.2 Å². The molecule has 1 atom stereocenters. The highest BCUT2D eigenvalue weighted by atomic mass is 35.5. The zero-order chi connectivity index (χ0) is 24.1. The standard InChI is InChI=1S/C25H25Cl3N4O2/c1-17-7-8-19(11-21(17)26)30-25(33)32-10-9-31(24-22(27)12-29-13-23(24)28)14-20(15-32)34-16-18-5-3-2-4-6-18/h2-8,11-13,20H,9-10,14-16H2,1H3,(H,30,33). The summed E-state index contributed by atoms with van der Waals surface area (Å²) in [5, 5.41) is 4.47. The molecule has 1 aromatic heterocycles. The van der Waals surface area contributed by atoms with Gasteiger partial charge in [0.15, 0.2) is 0 Å². The van der Waals surface area contributed by atoms with Crippen molar-refractivity contribution in [1.82, 2.24) is 9.88 Å². The molecule has 4 rings (SSSR count). The molecule has 3 aromatic rings. The van der Waals surface area contributed by atoms with Gasteiger partial charge in [0.1, 0.15) is 0 Å². The van der Waals surface area contributed by atoms with Gasteiger partial charge in [-0.25, -0.2) is 4.79 Å². The van der Waals surface area contributed by atoms with E-state index in [-0.39, 0.29) is 12.1 Å². The Morgan fingerprint density at radius 3 is 2.47 bits per heavy atom. The molecule has 0 aliphatic carbocycles. The van der Waals surface area contributed by atoms with Crippen molar-refractivity contribution >= 4 is 52.2 Å². The highest BCUT2D eigenvalue weighted by molar-refractivity contribution is 6.38. The number of urea groups is 1. The highest BCUT2D eigenvalue weighted by Crippen LogP contribution is 2.33. The number of halogens is 3. The monoisotopic (exact) mass is 518 g/mol. The van der Waals surface area contributed by atoms with Gasteiger partial charge in [0.2, 0.25) is 0 Å². The van der Waals surface area contributed by atoms with Gasteiger partial charge in [0.05, 0.1) is 35.0 Å². The summed E-state index contributed by atoms with van der Waals surface area (Å²) in [6.07, 6.45) is 2.87. The van der Waals surface area contributed by atoms with E-state index in [2.05, 4.69) is 15.2 Å². The van der Waals surface area contributed by atoms with Gasteiger partial charge in [-0.15, -0.1) is 0 Å². The SMILES string of the molecule is Cc1ccc(NC(=O)N2CCN(c3c(Cl)cncc3Cl)CC(OCc3ccccc3)C2)cc1Cl. The van der Waals surface area contributed by atoms with E-state index in [1.54, 1.807) is 23.4 Å². The molecule has 1 fully saturated rings. The molecule has 0 spiro atoms. The smallest absolute Gasteiger partial charge is 0.321 e. The molecule has 178 valence electrons. The summed E-state index contributed by atoms with van der Waals surface area (Å²) < 4.78 is 6.26. The molecule has 1 unspecified atom stereocenters. The van der Waals surface area contributed by atoms with Gasteiger partial charge < -0.3 is 19.9 Å². The predicted octanol–water partition coefficient (Wildman–Crippen LogP) is 6.29. The normalized spacial score (nSPS) is 16.3. The van der Waals surface area contributed by atoms with Crippen LogP contribution in [0.15, 0.2) is 60.9 Å². The van der Waals surface area contributed by atoms with Gasteiger partial charge in [0, 0.05) is 42.7 Å². The summed E-state index contributed by atoms with van der Waals surface area (Å²) in [4.78, 5) is 21.0. The van der Waals surface area contributed by atoms with E-state index < -0.39 is 0 Å². The number of benzene rings is 2. The lowest BCUT2D eigenvalue weighted by atomic mass is 10.2. The number of hydrogen-bond donors (Lipinski definition) is 1. The molecule has 1 N–H and O–H groups in total. The van der Waals surface area contributed by atoms with Crippen LogP contribution in [-0.2, 0) is 11.3 Å². The van der Waals surface area contributed by atoms with Crippen LogP contribution in [0.4, 0.5) is 16.2 Å². The van der Waals surface area contributed by atoms with Gasteiger partial charge in [-0.2, -0.15) is 0 Å². The van der Waals surface area contributed by atoms with Crippen LogP contribution in [0.1, 0.15) is 11.1 Å². The van der Waals surface area contributed by atoms with Crippen molar-refractivity contribution in [2.75, 3.05) is 36.4 Å². The Kier molecular flexibility index (Phi) is 8.16. The van der Waals surface area contributed by atoms with E-state index >= 15 is 0 Å². The van der Waals surface area contributed by atoms with Gasteiger partial charge in [-0.3, -0.25) is 4.98 Å². The van der Waals surface area contributed by atoms with Crippen LogP contribution in [-0.4, -0.2) is 48.2 Å². The Balaban J connectivity index is 1.53. The Hall–Kier alpha value is -2.51. The molecule has 0 radical (unpaired) electrons. The molecule has 0 saturated carbocycles. The average Bonchev–Trinajstić information content (AvgIpc) is 3.04. The van der Waals surface area contributed by atoms with Crippen LogP contribution in [0.25, 0.3) is 0 Å². The lowest BCUT2D eigenvalue weighted by Crippen LogP contribution is -2.41. The number of aryl methyl sites for hydroxylation is 1. The fraction of sp³-hybridized carbons (Fsp3) is 0.280. The van der Waals surface area contributed by atoms with Crippen molar-refractivity contribution in [3.05, 3.63) is 87.1 Å². The third-order valence-corrected chi connectivity index (χ3v) is 6.63. The first kappa shape index (κ1) is 24.6. The predicted molar refractivity (Wildman–Crippen MR) is 138 cm³/mol. The van der Waals surface area contributed by atoms with Crippen molar-refractivity contribution in [2.24, 2.45) is 0 Å².